The Labute approximate surface area is 125 Å². The third-order valence-corrected chi connectivity index (χ3v) is 4.60. The van der Waals surface area contributed by atoms with Crippen molar-refractivity contribution in [2.45, 2.75) is 41.8 Å². The molecule has 0 spiro atoms. The first-order valence-electron chi connectivity index (χ1n) is 6.77. The zero-order valence-corrected chi connectivity index (χ0v) is 12.4. The van der Waals surface area contributed by atoms with Gasteiger partial charge in [0.15, 0.2) is 0 Å². The highest BCUT2D eigenvalue weighted by Gasteiger charge is 2.23. The van der Waals surface area contributed by atoms with Crippen LogP contribution in [0.3, 0.4) is 0 Å². The van der Waals surface area contributed by atoms with E-state index in [9.17, 15) is 4.39 Å². The Morgan fingerprint density at radius 3 is 2.86 bits per heavy atom. The largest absolute Gasteiger partial charge is 0.495 e. The molecule has 0 aliphatic heterocycles. The molecule has 0 unspecified atom stereocenters. The number of tetrazole rings is 1. The van der Waals surface area contributed by atoms with Gasteiger partial charge < -0.3 is 10.5 Å². The summed E-state index contributed by atoms with van der Waals surface area (Å²) in [7, 11) is 1.50. The standard InChI is InChI=1S/C13H16FN5OS/c1-20-11-7-12(9(14)6-10(11)15)21-13-16-17-18-19(13)8-4-2-3-5-8/h6-8H,2-5,15H2,1H3. The number of rotatable bonds is 4. The second-order valence-corrected chi connectivity index (χ2v) is 5.98. The first-order chi connectivity index (χ1) is 10.2. The molecule has 8 heteroatoms. The van der Waals surface area contributed by atoms with Crippen molar-refractivity contribution in [3.05, 3.63) is 17.9 Å². The number of aromatic nitrogens is 4. The van der Waals surface area contributed by atoms with Crippen LogP contribution >= 0.6 is 11.8 Å². The van der Waals surface area contributed by atoms with E-state index in [2.05, 4.69) is 15.5 Å². The molecule has 1 aliphatic carbocycles. The Balaban J connectivity index is 1.89. The molecule has 21 heavy (non-hydrogen) atoms. The number of halogens is 1. The van der Waals surface area contributed by atoms with Gasteiger partial charge in [0.2, 0.25) is 5.16 Å². The molecule has 0 bridgehead atoms. The third-order valence-electron chi connectivity index (χ3n) is 3.62. The van der Waals surface area contributed by atoms with E-state index in [0.717, 1.165) is 12.8 Å². The van der Waals surface area contributed by atoms with Crippen LogP contribution in [0.25, 0.3) is 0 Å². The molecule has 0 radical (unpaired) electrons. The zero-order valence-electron chi connectivity index (χ0n) is 11.6. The second-order valence-electron chi connectivity index (χ2n) is 4.97. The van der Waals surface area contributed by atoms with Crippen molar-refractivity contribution in [1.29, 1.82) is 0 Å². The number of hydrogen-bond acceptors (Lipinski definition) is 6. The number of benzene rings is 1. The number of nitrogens with two attached hydrogens (primary N) is 1. The lowest BCUT2D eigenvalue weighted by Gasteiger charge is -2.12. The van der Waals surface area contributed by atoms with E-state index in [4.69, 9.17) is 10.5 Å². The van der Waals surface area contributed by atoms with Crippen LogP contribution in [-0.4, -0.2) is 27.3 Å². The van der Waals surface area contributed by atoms with Gasteiger partial charge in [0.1, 0.15) is 11.6 Å². The number of methoxy groups -OCH3 is 1. The minimum atomic E-state index is -0.403. The molecule has 1 aromatic heterocycles. The molecule has 1 fully saturated rings. The normalized spacial score (nSPS) is 15.5. The maximum Gasteiger partial charge on any atom is 0.214 e. The Hall–Kier alpha value is -1.83. The monoisotopic (exact) mass is 309 g/mol. The fraction of sp³-hybridized carbons (Fsp3) is 0.462. The van der Waals surface area contributed by atoms with Crippen molar-refractivity contribution in [1.82, 2.24) is 20.2 Å². The number of hydrogen-bond donors (Lipinski definition) is 1. The van der Waals surface area contributed by atoms with Gasteiger partial charge >= 0.3 is 0 Å². The average Bonchev–Trinajstić information content (AvgIpc) is 3.12. The highest BCUT2D eigenvalue weighted by Crippen LogP contribution is 2.37. The van der Waals surface area contributed by atoms with E-state index >= 15 is 0 Å². The van der Waals surface area contributed by atoms with Crippen molar-refractivity contribution in [2.24, 2.45) is 0 Å². The number of ether oxygens (including phenoxy) is 1. The van der Waals surface area contributed by atoms with Gasteiger partial charge in [-0.05, 0) is 41.1 Å². The van der Waals surface area contributed by atoms with Crippen LogP contribution < -0.4 is 10.5 Å². The van der Waals surface area contributed by atoms with Crippen molar-refractivity contribution >= 4 is 17.4 Å². The predicted molar refractivity (Wildman–Crippen MR) is 76.8 cm³/mol. The summed E-state index contributed by atoms with van der Waals surface area (Å²) in [5.74, 6) is 0.0399. The Kier molecular flexibility index (Phi) is 3.96. The summed E-state index contributed by atoms with van der Waals surface area (Å²) >= 11 is 1.19. The molecule has 2 aromatic rings. The fourth-order valence-corrected chi connectivity index (χ4v) is 3.41. The van der Waals surface area contributed by atoms with Crippen LogP contribution in [0.15, 0.2) is 22.2 Å². The number of nitrogens with zero attached hydrogens (tertiary/aromatic N) is 4. The molecule has 112 valence electrons. The first kappa shape index (κ1) is 14.1. The molecule has 0 saturated heterocycles. The smallest absolute Gasteiger partial charge is 0.214 e. The molecule has 3 rings (SSSR count). The molecule has 1 aromatic carbocycles. The van der Waals surface area contributed by atoms with E-state index in [1.54, 1.807) is 10.7 Å². The van der Waals surface area contributed by atoms with E-state index in [0.29, 0.717) is 21.8 Å². The zero-order chi connectivity index (χ0) is 14.8. The van der Waals surface area contributed by atoms with Crippen molar-refractivity contribution in [2.75, 3.05) is 12.8 Å². The molecule has 0 atom stereocenters. The summed E-state index contributed by atoms with van der Waals surface area (Å²) < 4.78 is 21.0. The Morgan fingerprint density at radius 2 is 2.14 bits per heavy atom. The molecule has 1 aliphatic rings. The third kappa shape index (κ3) is 2.80. The lowest BCUT2D eigenvalue weighted by atomic mass is 10.3. The molecule has 6 nitrogen and oxygen atoms in total. The maximum absolute atomic E-state index is 14.0. The fourth-order valence-electron chi connectivity index (χ4n) is 2.53. The van der Waals surface area contributed by atoms with Gasteiger partial charge in [-0.3, -0.25) is 0 Å². The summed E-state index contributed by atoms with van der Waals surface area (Å²) in [6.45, 7) is 0. The lowest BCUT2D eigenvalue weighted by molar-refractivity contribution is 0.413. The quantitative estimate of drug-likeness (QED) is 0.875. The van der Waals surface area contributed by atoms with Gasteiger partial charge in [0, 0.05) is 6.07 Å². The van der Waals surface area contributed by atoms with Crippen LogP contribution in [0, 0.1) is 5.82 Å². The van der Waals surface area contributed by atoms with Gasteiger partial charge in [0.25, 0.3) is 0 Å². The van der Waals surface area contributed by atoms with Crippen LogP contribution in [-0.2, 0) is 0 Å². The topological polar surface area (TPSA) is 78.9 Å². The van der Waals surface area contributed by atoms with Crippen molar-refractivity contribution in [3.63, 3.8) is 0 Å². The summed E-state index contributed by atoms with van der Waals surface area (Å²) in [5.41, 5.74) is 5.96. The van der Waals surface area contributed by atoms with Crippen LogP contribution in [0.5, 0.6) is 5.75 Å². The summed E-state index contributed by atoms with van der Waals surface area (Å²) in [6.07, 6.45) is 4.48. The van der Waals surface area contributed by atoms with Crippen molar-refractivity contribution in [3.8, 4) is 5.75 Å². The van der Waals surface area contributed by atoms with Crippen molar-refractivity contribution < 1.29 is 9.13 Å². The van der Waals surface area contributed by atoms with Gasteiger partial charge in [-0.25, -0.2) is 9.07 Å². The molecule has 2 N–H and O–H groups in total. The van der Waals surface area contributed by atoms with Crippen LogP contribution in [0.1, 0.15) is 31.7 Å². The van der Waals surface area contributed by atoms with Crippen LogP contribution in [0.4, 0.5) is 10.1 Å². The molecule has 1 saturated carbocycles. The van der Waals surface area contributed by atoms with Gasteiger partial charge in [-0.15, -0.1) is 5.10 Å². The van der Waals surface area contributed by atoms with Gasteiger partial charge in [-0.2, -0.15) is 0 Å². The summed E-state index contributed by atoms with van der Waals surface area (Å²) in [5, 5.41) is 12.3. The molecule has 1 heterocycles. The van der Waals surface area contributed by atoms with E-state index in [1.165, 1.54) is 37.8 Å². The Bertz CT molecular complexity index is 641. The molecular formula is C13H16FN5OS. The molecule has 0 amide bonds. The first-order valence-corrected chi connectivity index (χ1v) is 7.59. The minimum absolute atomic E-state index is 0.273. The predicted octanol–water partition coefficient (Wildman–Crippen LogP) is 2.67. The highest BCUT2D eigenvalue weighted by atomic mass is 32.2. The second kappa shape index (κ2) is 5.88. The summed E-state index contributed by atoms with van der Waals surface area (Å²) in [4.78, 5) is 0.398. The number of anilines is 1. The number of nitrogen functional groups attached to an aromatic ring is 1. The molecular weight excluding hydrogens is 293 g/mol. The van der Waals surface area contributed by atoms with Gasteiger partial charge in [-0.1, -0.05) is 12.8 Å². The average molecular weight is 309 g/mol. The van der Waals surface area contributed by atoms with E-state index < -0.39 is 5.82 Å². The lowest BCUT2D eigenvalue weighted by Crippen LogP contribution is -2.08. The summed E-state index contributed by atoms with van der Waals surface area (Å²) in [6, 6.07) is 3.13. The highest BCUT2D eigenvalue weighted by molar-refractivity contribution is 7.99. The maximum atomic E-state index is 14.0. The van der Waals surface area contributed by atoms with Crippen LogP contribution in [0.2, 0.25) is 0 Å². The minimum Gasteiger partial charge on any atom is -0.495 e. The Morgan fingerprint density at radius 1 is 1.38 bits per heavy atom. The van der Waals surface area contributed by atoms with Gasteiger partial charge in [0.05, 0.1) is 23.7 Å². The van der Waals surface area contributed by atoms with E-state index in [1.807, 2.05) is 0 Å². The van der Waals surface area contributed by atoms with E-state index in [-0.39, 0.29) is 5.69 Å². The SMILES string of the molecule is COc1cc(Sc2nnnn2C2CCCC2)c(F)cc1N.